The third-order valence-corrected chi connectivity index (χ3v) is 2.95. The van der Waals surface area contributed by atoms with Crippen LogP contribution in [0.3, 0.4) is 0 Å². The van der Waals surface area contributed by atoms with Gasteiger partial charge in [0, 0.05) is 19.0 Å². The van der Waals surface area contributed by atoms with Crippen LogP contribution in [-0.4, -0.2) is 17.5 Å². The quantitative estimate of drug-likeness (QED) is 0.759. The molecule has 2 N–H and O–H groups in total. The first-order valence-electron chi connectivity index (χ1n) is 5.08. The number of hydrogen-bond donors (Lipinski definition) is 2. The number of alkyl halides is 1. The molecular formula is C12H18ClNO. The molecule has 0 atom stereocenters. The van der Waals surface area contributed by atoms with Gasteiger partial charge in [0.1, 0.15) is 5.75 Å². The zero-order valence-corrected chi connectivity index (χ0v) is 10.0. The molecule has 0 heterocycles. The molecule has 0 bridgehead atoms. The fourth-order valence-electron chi connectivity index (χ4n) is 1.21. The van der Waals surface area contributed by atoms with Crippen LogP contribution in [-0.2, 0) is 6.54 Å². The Kier molecular flexibility index (Phi) is 4.43. The summed E-state index contributed by atoms with van der Waals surface area (Å²) in [5.41, 5.74) is 1.29. The van der Waals surface area contributed by atoms with Crippen molar-refractivity contribution in [1.29, 1.82) is 0 Å². The summed E-state index contributed by atoms with van der Waals surface area (Å²) in [6.45, 7) is 5.95. The second-order valence-corrected chi connectivity index (χ2v) is 4.84. The van der Waals surface area contributed by atoms with Gasteiger partial charge in [-0.1, -0.05) is 26.0 Å². The molecule has 0 unspecified atom stereocenters. The van der Waals surface area contributed by atoms with E-state index in [1.165, 1.54) is 0 Å². The number of rotatable bonds is 5. The molecule has 0 fully saturated rings. The lowest BCUT2D eigenvalue weighted by Crippen LogP contribution is -2.30. The second kappa shape index (κ2) is 5.38. The summed E-state index contributed by atoms with van der Waals surface area (Å²) in [6.07, 6.45) is 0. The number of phenolic OH excluding ortho intramolecular Hbond substituents is 1. The van der Waals surface area contributed by atoms with Crippen molar-refractivity contribution in [3.05, 3.63) is 29.8 Å². The van der Waals surface area contributed by atoms with Crippen molar-refractivity contribution >= 4 is 11.6 Å². The molecular weight excluding hydrogens is 210 g/mol. The maximum atomic E-state index is 9.11. The van der Waals surface area contributed by atoms with Gasteiger partial charge in [-0.15, -0.1) is 11.6 Å². The minimum absolute atomic E-state index is 0.123. The maximum Gasteiger partial charge on any atom is 0.115 e. The summed E-state index contributed by atoms with van der Waals surface area (Å²) in [5, 5.41) is 12.5. The van der Waals surface area contributed by atoms with Crippen LogP contribution in [0.15, 0.2) is 24.3 Å². The van der Waals surface area contributed by atoms with Crippen molar-refractivity contribution in [2.45, 2.75) is 20.4 Å². The lowest BCUT2D eigenvalue weighted by Gasteiger charge is -2.21. The van der Waals surface area contributed by atoms with Gasteiger partial charge in [0.05, 0.1) is 0 Å². The first-order valence-corrected chi connectivity index (χ1v) is 5.61. The molecule has 1 aromatic carbocycles. The van der Waals surface area contributed by atoms with Gasteiger partial charge in [0.2, 0.25) is 0 Å². The van der Waals surface area contributed by atoms with E-state index in [4.69, 9.17) is 16.7 Å². The third kappa shape index (κ3) is 4.54. The fourth-order valence-corrected chi connectivity index (χ4v) is 1.30. The van der Waals surface area contributed by atoms with Gasteiger partial charge in [-0.2, -0.15) is 0 Å². The molecule has 84 valence electrons. The van der Waals surface area contributed by atoms with Gasteiger partial charge in [0.25, 0.3) is 0 Å². The molecule has 1 rings (SSSR count). The lowest BCUT2D eigenvalue weighted by atomic mass is 9.96. The Hall–Kier alpha value is -0.730. The van der Waals surface area contributed by atoms with Crippen LogP contribution in [0.25, 0.3) is 0 Å². The topological polar surface area (TPSA) is 32.3 Å². The molecule has 0 aromatic heterocycles. The predicted molar refractivity (Wildman–Crippen MR) is 64.3 cm³/mol. The molecule has 0 radical (unpaired) electrons. The molecule has 0 aliphatic heterocycles. The summed E-state index contributed by atoms with van der Waals surface area (Å²) in [4.78, 5) is 0. The number of phenols is 1. The van der Waals surface area contributed by atoms with Crippen LogP contribution in [0.2, 0.25) is 0 Å². The largest absolute Gasteiger partial charge is 0.508 e. The second-order valence-electron chi connectivity index (χ2n) is 4.57. The lowest BCUT2D eigenvalue weighted by molar-refractivity contribution is 0.385. The average Bonchev–Trinajstić information content (AvgIpc) is 2.21. The van der Waals surface area contributed by atoms with E-state index in [9.17, 15) is 0 Å². The van der Waals surface area contributed by atoms with Crippen LogP contribution in [0, 0.1) is 5.41 Å². The summed E-state index contributed by atoms with van der Waals surface area (Å²) >= 11 is 5.82. The number of hydrogen-bond acceptors (Lipinski definition) is 2. The highest BCUT2D eigenvalue weighted by atomic mass is 35.5. The summed E-state index contributed by atoms with van der Waals surface area (Å²) in [5.74, 6) is 0.954. The highest BCUT2D eigenvalue weighted by Crippen LogP contribution is 2.15. The maximum absolute atomic E-state index is 9.11. The molecule has 0 aliphatic rings. The number of aromatic hydroxyl groups is 1. The molecule has 1 aromatic rings. The fraction of sp³-hybridized carbons (Fsp3) is 0.500. The van der Waals surface area contributed by atoms with E-state index >= 15 is 0 Å². The molecule has 15 heavy (non-hydrogen) atoms. The SMILES string of the molecule is CC(C)(CCl)CNCc1ccc(O)cc1. The van der Waals surface area contributed by atoms with E-state index in [1.54, 1.807) is 12.1 Å². The summed E-state index contributed by atoms with van der Waals surface area (Å²) in [6, 6.07) is 7.22. The van der Waals surface area contributed by atoms with Crippen LogP contribution in [0.5, 0.6) is 5.75 Å². The van der Waals surface area contributed by atoms with Crippen molar-refractivity contribution < 1.29 is 5.11 Å². The van der Waals surface area contributed by atoms with Crippen LogP contribution < -0.4 is 5.32 Å². The van der Waals surface area contributed by atoms with Gasteiger partial charge in [0.15, 0.2) is 0 Å². The van der Waals surface area contributed by atoms with E-state index < -0.39 is 0 Å². The summed E-state index contributed by atoms with van der Waals surface area (Å²) in [7, 11) is 0. The van der Waals surface area contributed by atoms with E-state index in [2.05, 4.69) is 19.2 Å². The Morgan fingerprint density at radius 2 is 1.87 bits per heavy atom. The molecule has 2 nitrogen and oxygen atoms in total. The van der Waals surface area contributed by atoms with Gasteiger partial charge >= 0.3 is 0 Å². The van der Waals surface area contributed by atoms with Crippen molar-refractivity contribution in [2.24, 2.45) is 5.41 Å². The van der Waals surface area contributed by atoms with E-state index in [0.717, 1.165) is 18.7 Å². The van der Waals surface area contributed by atoms with Gasteiger partial charge < -0.3 is 10.4 Å². The number of nitrogens with one attached hydrogen (secondary N) is 1. The molecule has 3 heteroatoms. The van der Waals surface area contributed by atoms with E-state index in [-0.39, 0.29) is 5.41 Å². The normalized spacial score (nSPS) is 11.7. The first kappa shape index (κ1) is 12.3. The van der Waals surface area contributed by atoms with Crippen molar-refractivity contribution in [1.82, 2.24) is 5.32 Å². The standard InChI is InChI=1S/C12H18ClNO/c1-12(2,8-13)9-14-7-10-3-5-11(15)6-4-10/h3-6,14-15H,7-9H2,1-2H3. The molecule has 0 saturated heterocycles. The van der Waals surface area contributed by atoms with Crippen LogP contribution in [0.4, 0.5) is 0 Å². The van der Waals surface area contributed by atoms with Gasteiger partial charge in [-0.25, -0.2) is 0 Å². The Morgan fingerprint density at radius 3 is 2.40 bits per heavy atom. The smallest absolute Gasteiger partial charge is 0.115 e. The minimum atomic E-state index is 0.123. The summed E-state index contributed by atoms with van der Waals surface area (Å²) < 4.78 is 0. The van der Waals surface area contributed by atoms with Gasteiger partial charge in [-0.05, 0) is 23.1 Å². The highest BCUT2D eigenvalue weighted by molar-refractivity contribution is 6.18. The Balaban J connectivity index is 2.35. The molecule has 0 saturated carbocycles. The van der Waals surface area contributed by atoms with E-state index in [0.29, 0.717) is 11.6 Å². The van der Waals surface area contributed by atoms with Gasteiger partial charge in [-0.3, -0.25) is 0 Å². The van der Waals surface area contributed by atoms with Crippen molar-refractivity contribution in [2.75, 3.05) is 12.4 Å². The predicted octanol–water partition coefficient (Wildman–Crippen LogP) is 2.75. The monoisotopic (exact) mass is 227 g/mol. The Labute approximate surface area is 96.3 Å². The molecule has 0 spiro atoms. The van der Waals surface area contributed by atoms with Crippen LogP contribution >= 0.6 is 11.6 Å². The van der Waals surface area contributed by atoms with Crippen molar-refractivity contribution in [3.8, 4) is 5.75 Å². The minimum Gasteiger partial charge on any atom is -0.508 e. The third-order valence-electron chi connectivity index (χ3n) is 2.23. The van der Waals surface area contributed by atoms with E-state index in [1.807, 2.05) is 12.1 Å². The van der Waals surface area contributed by atoms with Crippen LogP contribution in [0.1, 0.15) is 19.4 Å². The first-order chi connectivity index (χ1) is 7.03. The van der Waals surface area contributed by atoms with Crippen molar-refractivity contribution in [3.63, 3.8) is 0 Å². The Bertz CT molecular complexity index is 295. The number of halogens is 1. The molecule has 0 amide bonds. The Morgan fingerprint density at radius 1 is 1.27 bits per heavy atom. The average molecular weight is 228 g/mol. The zero-order valence-electron chi connectivity index (χ0n) is 9.26. The number of benzene rings is 1. The highest BCUT2D eigenvalue weighted by Gasteiger charge is 2.15. The molecule has 0 aliphatic carbocycles. The zero-order chi connectivity index (χ0) is 11.3.